The first-order valence-corrected chi connectivity index (χ1v) is 6.35. The Balaban J connectivity index is 2.18. The van der Waals surface area contributed by atoms with Crippen LogP contribution in [0.2, 0.25) is 0 Å². The molecule has 1 aromatic heterocycles. The number of rotatable bonds is 3. The number of aryl methyl sites for hydroxylation is 1. The Morgan fingerprint density at radius 1 is 1.39 bits per heavy atom. The normalized spacial score (nSPS) is 10.8. The molecule has 1 amide bonds. The molecule has 92 valence electrons. The Bertz CT molecular complexity index is 589. The van der Waals surface area contributed by atoms with Crippen LogP contribution in [-0.4, -0.2) is 16.1 Å². The topological polar surface area (TPSA) is 54.9 Å². The number of nitrogens with one attached hydrogen (secondary N) is 1. The zero-order valence-electron chi connectivity index (χ0n) is 10.2. The van der Waals surface area contributed by atoms with Crippen molar-refractivity contribution in [1.82, 2.24) is 10.2 Å². The fourth-order valence-corrected chi connectivity index (χ4v) is 2.21. The van der Waals surface area contributed by atoms with Crippen LogP contribution in [0, 0.1) is 6.92 Å². The molecule has 0 aliphatic carbocycles. The second-order valence-electron chi connectivity index (χ2n) is 3.77. The van der Waals surface area contributed by atoms with Gasteiger partial charge in [-0.1, -0.05) is 41.2 Å². The van der Waals surface area contributed by atoms with Crippen LogP contribution in [0.15, 0.2) is 36.4 Å². The van der Waals surface area contributed by atoms with Gasteiger partial charge in [0.05, 0.1) is 0 Å². The van der Waals surface area contributed by atoms with E-state index in [1.54, 1.807) is 13.0 Å². The van der Waals surface area contributed by atoms with Crippen LogP contribution in [0.5, 0.6) is 0 Å². The Morgan fingerprint density at radius 3 is 2.94 bits per heavy atom. The Morgan fingerprint density at radius 2 is 2.22 bits per heavy atom. The maximum absolute atomic E-state index is 11.4. The number of hydrogen-bond donors (Lipinski definition) is 1. The second kappa shape index (κ2) is 5.55. The fourth-order valence-electron chi connectivity index (χ4n) is 1.47. The number of allylic oxidation sites excluding steroid dienone is 1. The van der Waals surface area contributed by atoms with E-state index in [1.165, 1.54) is 23.0 Å². The van der Waals surface area contributed by atoms with E-state index >= 15 is 0 Å². The predicted molar refractivity (Wildman–Crippen MR) is 73.5 cm³/mol. The Hall–Kier alpha value is -2.01. The zero-order chi connectivity index (χ0) is 13.0. The van der Waals surface area contributed by atoms with Gasteiger partial charge in [0.15, 0.2) is 0 Å². The molecule has 0 saturated heterocycles. The second-order valence-corrected chi connectivity index (χ2v) is 4.75. The molecular weight excluding hydrogens is 246 g/mol. The van der Waals surface area contributed by atoms with Crippen LogP contribution in [0.25, 0.3) is 10.6 Å². The van der Waals surface area contributed by atoms with Crippen molar-refractivity contribution in [2.24, 2.45) is 0 Å². The van der Waals surface area contributed by atoms with Gasteiger partial charge in [-0.05, 0) is 26.0 Å². The fraction of sp³-hybridized carbons (Fsp3) is 0.154. The number of carbonyl (C=O) groups excluding carboxylic acids is 1. The van der Waals surface area contributed by atoms with Crippen molar-refractivity contribution < 1.29 is 4.79 Å². The summed E-state index contributed by atoms with van der Waals surface area (Å²) in [6, 6.07) is 8.02. The van der Waals surface area contributed by atoms with Crippen LogP contribution in [0.3, 0.4) is 0 Å². The monoisotopic (exact) mass is 259 g/mol. The number of anilines is 1. The number of carbonyl (C=O) groups is 1. The largest absolute Gasteiger partial charge is 0.297 e. The Kier molecular flexibility index (Phi) is 3.84. The minimum Gasteiger partial charge on any atom is -0.297 e. The lowest BCUT2D eigenvalue weighted by Gasteiger charge is -1.96. The summed E-state index contributed by atoms with van der Waals surface area (Å²) in [4.78, 5) is 11.4. The van der Waals surface area contributed by atoms with E-state index in [0.717, 1.165) is 10.6 Å². The van der Waals surface area contributed by atoms with Crippen molar-refractivity contribution >= 4 is 22.4 Å². The SMILES string of the molecule is CC=CC(=O)Nc1nnc(-c2cccc(C)c2)s1. The smallest absolute Gasteiger partial charge is 0.249 e. The molecule has 0 bridgehead atoms. The van der Waals surface area contributed by atoms with E-state index in [0.29, 0.717) is 5.13 Å². The minimum atomic E-state index is -0.190. The third-order valence-corrected chi connectivity index (χ3v) is 3.13. The molecule has 0 radical (unpaired) electrons. The molecule has 0 aliphatic rings. The first-order chi connectivity index (χ1) is 8.69. The molecule has 1 N–H and O–H groups in total. The molecule has 2 rings (SSSR count). The van der Waals surface area contributed by atoms with Gasteiger partial charge in [-0.25, -0.2) is 0 Å². The Labute approximate surface area is 109 Å². The predicted octanol–water partition coefficient (Wildman–Crippen LogP) is 3.03. The van der Waals surface area contributed by atoms with Crippen molar-refractivity contribution in [3.05, 3.63) is 42.0 Å². The van der Waals surface area contributed by atoms with Crippen molar-refractivity contribution in [1.29, 1.82) is 0 Å². The summed E-state index contributed by atoms with van der Waals surface area (Å²) in [5, 5.41) is 12.0. The number of aromatic nitrogens is 2. The first kappa shape index (κ1) is 12.4. The van der Waals surface area contributed by atoms with E-state index in [9.17, 15) is 4.79 Å². The highest BCUT2D eigenvalue weighted by Crippen LogP contribution is 2.26. The first-order valence-electron chi connectivity index (χ1n) is 5.53. The summed E-state index contributed by atoms with van der Waals surface area (Å²) < 4.78 is 0. The minimum absolute atomic E-state index is 0.190. The summed E-state index contributed by atoms with van der Waals surface area (Å²) >= 11 is 1.36. The van der Waals surface area contributed by atoms with Crippen LogP contribution in [0.4, 0.5) is 5.13 Å². The van der Waals surface area contributed by atoms with Gasteiger partial charge >= 0.3 is 0 Å². The summed E-state index contributed by atoms with van der Waals surface area (Å²) in [7, 11) is 0. The average Bonchev–Trinajstić information content (AvgIpc) is 2.78. The number of amides is 1. The molecular formula is C13H13N3OS. The van der Waals surface area contributed by atoms with Crippen LogP contribution in [0.1, 0.15) is 12.5 Å². The molecule has 0 aliphatic heterocycles. The van der Waals surface area contributed by atoms with Gasteiger partial charge < -0.3 is 0 Å². The van der Waals surface area contributed by atoms with Gasteiger partial charge in [0.1, 0.15) is 5.01 Å². The number of benzene rings is 1. The van der Waals surface area contributed by atoms with Crippen LogP contribution in [-0.2, 0) is 4.79 Å². The van der Waals surface area contributed by atoms with E-state index < -0.39 is 0 Å². The lowest BCUT2D eigenvalue weighted by atomic mass is 10.1. The quantitative estimate of drug-likeness (QED) is 0.862. The highest BCUT2D eigenvalue weighted by Gasteiger charge is 2.07. The van der Waals surface area contributed by atoms with Crippen LogP contribution >= 0.6 is 11.3 Å². The summed E-state index contributed by atoms with van der Waals surface area (Å²) in [6.07, 6.45) is 3.13. The molecule has 2 aromatic rings. The van der Waals surface area contributed by atoms with Crippen molar-refractivity contribution in [3.63, 3.8) is 0 Å². The van der Waals surface area contributed by atoms with Gasteiger partial charge in [0.2, 0.25) is 11.0 Å². The van der Waals surface area contributed by atoms with Gasteiger partial charge in [-0.2, -0.15) is 0 Å². The third kappa shape index (κ3) is 3.01. The van der Waals surface area contributed by atoms with E-state index in [-0.39, 0.29) is 5.91 Å². The van der Waals surface area contributed by atoms with Gasteiger partial charge in [-0.3, -0.25) is 10.1 Å². The highest BCUT2D eigenvalue weighted by atomic mass is 32.1. The number of hydrogen-bond acceptors (Lipinski definition) is 4. The van der Waals surface area contributed by atoms with E-state index in [4.69, 9.17) is 0 Å². The molecule has 0 atom stereocenters. The van der Waals surface area contributed by atoms with Crippen molar-refractivity contribution in [3.8, 4) is 10.6 Å². The van der Waals surface area contributed by atoms with E-state index in [1.807, 2.05) is 31.2 Å². The molecule has 0 spiro atoms. The average molecular weight is 259 g/mol. The third-order valence-electron chi connectivity index (χ3n) is 2.24. The summed E-state index contributed by atoms with van der Waals surface area (Å²) in [6.45, 7) is 3.82. The molecule has 0 unspecified atom stereocenters. The summed E-state index contributed by atoms with van der Waals surface area (Å²) in [5.41, 5.74) is 2.18. The zero-order valence-corrected chi connectivity index (χ0v) is 11.0. The maximum atomic E-state index is 11.4. The van der Waals surface area contributed by atoms with E-state index in [2.05, 4.69) is 15.5 Å². The highest BCUT2D eigenvalue weighted by molar-refractivity contribution is 7.18. The van der Waals surface area contributed by atoms with Crippen molar-refractivity contribution in [2.75, 3.05) is 5.32 Å². The van der Waals surface area contributed by atoms with Gasteiger partial charge in [-0.15, -0.1) is 10.2 Å². The molecule has 1 aromatic carbocycles. The lowest BCUT2D eigenvalue weighted by molar-refractivity contribution is -0.111. The van der Waals surface area contributed by atoms with Gasteiger partial charge in [0.25, 0.3) is 0 Å². The molecule has 0 fully saturated rings. The molecule has 4 nitrogen and oxygen atoms in total. The molecule has 0 saturated carbocycles. The molecule has 5 heteroatoms. The lowest BCUT2D eigenvalue weighted by Crippen LogP contribution is -2.07. The maximum Gasteiger partial charge on any atom is 0.249 e. The summed E-state index contributed by atoms with van der Waals surface area (Å²) in [5.74, 6) is -0.190. The standard InChI is InChI=1S/C13H13N3OS/c1-3-5-11(17)14-13-16-15-12(18-13)10-7-4-6-9(2)8-10/h3-8H,1-2H3,(H,14,16,17). The molecule has 18 heavy (non-hydrogen) atoms. The van der Waals surface area contributed by atoms with Crippen molar-refractivity contribution in [2.45, 2.75) is 13.8 Å². The van der Waals surface area contributed by atoms with Crippen LogP contribution < -0.4 is 5.32 Å². The molecule has 1 heterocycles. The van der Waals surface area contributed by atoms with Gasteiger partial charge in [0, 0.05) is 5.56 Å². The number of nitrogens with zero attached hydrogens (tertiary/aromatic N) is 2.